The highest BCUT2D eigenvalue weighted by atomic mass is 79.9. The molecule has 0 fully saturated rings. The molecule has 5 heteroatoms. The van der Waals surface area contributed by atoms with Crippen LogP contribution in [0.5, 0.6) is 0 Å². The van der Waals surface area contributed by atoms with E-state index in [-0.39, 0.29) is 0 Å². The van der Waals surface area contributed by atoms with Crippen LogP contribution in [0.3, 0.4) is 0 Å². The molecule has 0 aliphatic heterocycles. The molecule has 4 nitrogen and oxygen atoms in total. The van der Waals surface area contributed by atoms with Gasteiger partial charge in [0, 0.05) is 13.6 Å². The van der Waals surface area contributed by atoms with Gasteiger partial charge in [0.2, 0.25) is 0 Å². The van der Waals surface area contributed by atoms with Crippen LogP contribution in [-0.2, 0) is 13.6 Å². The van der Waals surface area contributed by atoms with Gasteiger partial charge < -0.3 is 5.73 Å². The van der Waals surface area contributed by atoms with Gasteiger partial charge in [-0.25, -0.2) is 0 Å². The van der Waals surface area contributed by atoms with Crippen LogP contribution in [0.15, 0.2) is 4.60 Å². The predicted molar refractivity (Wildman–Crippen MR) is 36.6 cm³/mol. The lowest BCUT2D eigenvalue weighted by atomic mass is 10.5. The van der Waals surface area contributed by atoms with Crippen LogP contribution in [0.4, 0.5) is 0 Å². The molecule has 0 radical (unpaired) electrons. The van der Waals surface area contributed by atoms with Crippen molar-refractivity contribution < 1.29 is 0 Å². The highest BCUT2D eigenvalue weighted by Gasteiger charge is 2.01. The van der Waals surface area contributed by atoms with Gasteiger partial charge in [0.25, 0.3) is 0 Å². The molecule has 9 heavy (non-hydrogen) atoms. The lowest BCUT2D eigenvalue weighted by Gasteiger charge is -1.82. The van der Waals surface area contributed by atoms with E-state index in [1.54, 1.807) is 7.05 Å². The second-order valence-electron chi connectivity index (χ2n) is 1.63. The van der Waals surface area contributed by atoms with E-state index < -0.39 is 0 Å². The summed E-state index contributed by atoms with van der Waals surface area (Å²) >= 11 is 3.20. The molecule has 0 aliphatic rings. The molecule has 0 spiro atoms. The van der Waals surface area contributed by atoms with Crippen LogP contribution in [0.1, 0.15) is 5.69 Å². The van der Waals surface area contributed by atoms with Gasteiger partial charge in [-0.05, 0) is 15.9 Å². The SMILES string of the molecule is Cn1nc(Br)c(CN)n1. The Morgan fingerprint density at radius 3 is 2.56 bits per heavy atom. The fourth-order valence-corrected chi connectivity index (χ4v) is 1.02. The summed E-state index contributed by atoms with van der Waals surface area (Å²) in [5.74, 6) is 0. The monoisotopic (exact) mass is 190 g/mol. The van der Waals surface area contributed by atoms with Gasteiger partial charge in [0.15, 0.2) is 4.60 Å². The number of aromatic nitrogens is 3. The average Bonchev–Trinajstić information content (AvgIpc) is 2.10. The Morgan fingerprint density at radius 1 is 1.67 bits per heavy atom. The second-order valence-corrected chi connectivity index (χ2v) is 2.38. The van der Waals surface area contributed by atoms with Crippen molar-refractivity contribution in [2.45, 2.75) is 6.54 Å². The Morgan fingerprint density at radius 2 is 2.33 bits per heavy atom. The number of nitrogens with two attached hydrogens (primary N) is 1. The number of nitrogens with zero attached hydrogens (tertiary/aromatic N) is 3. The molecule has 0 atom stereocenters. The fraction of sp³-hybridized carbons (Fsp3) is 0.500. The van der Waals surface area contributed by atoms with E-state index in [1.807, 2.05) is 0 Å². The molecule has 1 aromatic heterocycles. The maximum atomic E-state index is 5.32. The molecule has 1 rings (SSSR count). The molecule has 0 unspecified atom stereocenters. The molecule has 50 valence electrons. The maximum absolute atomic E-state index is 5.32. The van der Waals surface area contributed by atoms with Crippen LogP contribution in [0.2, 0.25) is 0 Å². The van der Waals surface area contributed by atoms with Gasteiger partial charge in [0.1, 0.15) is 5.69 Å². The average molecular weight is 191 g/mol. The largest absolute Gasteiger partial charge is 0.325 e. The van der Waals surface area contributed by atoms with Crippen molar-refractivity contribution in [2.75, 3.05) is 0 Å². The summed E-state index contributed by atoms with van der Waals surface area (Å²) < 4.78 is 0.729. The van der Waals surface area contributed by atoms with Crippen LogP contribution < -0.4 is 5.73 Å². The minimum atomic E-state index is 0.425. The Hall–Kier alpha value is -0.420. The maximum Gasteiger partial charge on any atom is 0.152 e. The quantitative estimate of drug-likeness (QED) is 0.681. The highest BCUT2D eigenvalue weighted by Crippen LogP contribution is 2.08. The topological polar surface area (TPSA) is 56.7 Å². The lowest BCUT2D eigenvalue weighted by Crippen LogP contribution is -1.99. The number of aryl methyl sites for hydroxylation is 1. The van der Waals surface area contributed by atoms with Crippen LogP contribution in [0.25, 0.3) is 0 Å². The van der Waals surface area contributed by atoms with Gasteiger partial charge in [0.05, 0.1) is 0 Å². The van der Waals surface area contributed by atoms with Crippen molar-refractivity contribution in [2.24, 2.45) is 12.8 Å². The van der Waals surface area contributed by atoms with Crippen molar-refractivity contribution in [3.63, 3.8) is 0 Å². The zero-order chi connectivity index (χ0) is 6.85. The van der Waals surface area contributed by atoms with E-state index in [2.05, 4.69) is 26.1 Å². The van der Waals surface area contributed by atoms with E-state index in [4.69, 9.17) is 5.73 Å². The van der Waals surface area contributed by atoms with E-state index in [9.17, 15) is 0 Å². The van der Waals surface area contributed by atoms with Crippen LogP contribution in [-0.4, -0.2) is 15.0 Å². The van der Waals surface area contributed by atoms with Crippen LogP contribution >= 0.6 is 15.9 Å². The van der Waals surface area contributed by atoms with Gasteiger partial charge >= 0.3 is 0 Å². The number of rotatable bonds is 1. The lowest BCUT2D eigenvalue weighted by molar-refractivity contribution is 0.643. The summed E-state index contributed by atoms with van der Waals surface area (Å²) in [5, 5.41) is 7.89. The van der Waals surface area contributed by atoms with E-state index in [0.717, 1.165) is 10.3 Å². The first-order chi connectivity index (χ1) is 4.24. The van der Waals surface area contributed by atoms with E-state index >= 15 is 0 Å². The standard InChI is InChI=1S/C4H7BrN4/c1-9-7-3(2-6)4(5)8-9/h2,6H2,1H3. The summed E-state index contributed by atoms with van der Waals surface area (Å²) in [5.41, 5.74) is 6.11. The predicted octanol–water partition coefficient (Wildman–Crippen LogP) is 0.0363. The van der Waals surface area contributed by atoms with Gasteiger partial charge in [-0.1, -0.05) is 0 Å². The first-order valence-electron chi connectivity index (χ1n) is 2.50. The number of hydrogen-bond donors (Lipinski definition) is 1. The third-order valence-corrected chi connectivity index (χ3v) is 1.55. The van der Waals surface area contributed by atoms with Crippen molar-refractivity contribution in [3.05, 3.63) is 10.3 Å². The highest BCUT2D eigenvalue weighted by molar-refractivity contribution is 9.10. The molecular formula is C4H7BrN4. The second kappa shape index (κ2) is 2.45. The molecule has 0 bridgehead atoms. The molecule has 2 N–H and O–H groups in total. The molecule has 0 saturated heterocycles. The third-order valence-electron chi connectivity index (χ3n) is 0.929. The van der Waals surface area contributed by atoms with Crippen molar-refractivity contribution >= 4 is 15.9 Å². The molecular weight excluding hydrogens is 184 g/mol. The molecule has 0 aliphatic carbocycles. The Bertz CT molecular complexity index is 206. The zero-order valence-electron chi connectivity index (χ0n) is 5.00. The third kappa shape index (κ3) is 1.28. The van der Waals surface area contributed by atoms with Gasteiger partial charge in [-0.15, -0.1) is 5.10 Å². The first-order valence-corrected chi connectivity index (χ1v) is 3.29. The summed E-state index contributed by atoms with van der Waals surface area (Å²) in [7, 11) is 1.75. The minimum absolute atomic E-state index is 0.425. The number of halogens is 1. The van der Waals surface area contributed by atoms with Crippen molar-refractivity contribution in [3.8, 4) is 0 Å². The fourth-order valence-electron chi connectivity index (χ4n) is 0.548. The normalized spacial score (nSPS) is 10.1. The first kappa shape index (κ1) is 6.70. The smallest absolute Gasteiger partial charge is 0.152 e. The van der Waals surface area contributed by atoms with Gasteiger partial charge in [-0.3, -0.25) is 0 Å². The molecule has 1 heterocycles. The summed E-state index contributed by atoms with van der Waals surface area (Å²) in [4.78, 5) is 1.48. The Balaban J connectivity index is 3.01. The molecule has 0 saturated carbocycles. The summed E-state index contributed by atoms with van der Waals surface area (Å²) in [6, 6.07) is 0. The molecule has 1 aromatic rings. The number of hydrogen-bond acceptors (Lipinski definition) is 3. The zero-order valence-corrected chi connectivity index (χ0v) is 6.59. The van der Waals surface area contributed by atoms with Crippen molar-refractivity contribution in [1.29, 1.82) is 0 Å². The van der Waals surface area contributed by atoms with Gasteiger partial charge in [-0.2, -0.15) is 9.90 Å². The summed E-state index contributed by atoms with van der Waals surface area (Å²) in [6.07, 6.45) is 0. The molecule has 0 aromatic carbocycles. The van der Waals surface area contributed by atoms with Crippen LogP contribution in [0, 0.1) is 0 Å². The van der Waals surface area contributed by atoms with E-state index in [0.29, 0.717) is 6.54 Å². The van der Waals surface area contributed by atoms with E-state index in [1.165, 1.54) is 4.80 Å². The van der Waals surface area contributed by atoms with Crippen molar-refractivity contribution in [1.82, 2.24) is 15.0 Å². The molecule has 0 amide bonds. The summed E-state index contributed by atoms with van der Waals surface area (Å²) in [6.45, 7) is 0.425. The Kier molecular flexibility index (Phi) is 1.82. The minimum Gasteiger partial charge on any atom is -0.325 e. The Labute approximate surface area is 61.2 Å².